The number of halogens is 3. The van der Waals surface area contributed by atoms with Crippen molar-refractivity contribution < 1.29 is 27.5 Å². The fourth-order valence-electron chi connectivity index (χ4n) is 3.89. The number of benzene rings is 1. The monoisotopic (exact) mass is 477 g/mol. The highest BCUT2D eigenvalue weighted by Crippen LogP contribution is 2.39. The molecule has 0 saturated heterocycles. The number of para-hydroxylation sites is 1. The van der Waals surface area contributed by atoms with Crippen molar-refractivity contribution in [1.29, 1.82) is 0 Å². The molecule has 0 spiro atoms. The molecule has 1 amide bonds. The van der Waals surface area contributed by atoms with Crippen molar-refractivity contribution in [3.8, 4) is 0 Å². The number of H-pyrrole nitrogens is 1. The molecule has 8 nitrogen and oxygen atoms in total. The van der Waals surface area contributed by atoms with Gasteiger partial charge in [0.05, 0.1) is 16.7 Å². The first kappa shape index (κ1) is 21.6. The topological polar surface area (TPSA) is 108 Å². The Morgan fingerprint density at radius 2 is 2.21 bits per heavy atom. The van der Waals surface area contributed by atoms with Crippen LogP contribution in [0.25, 0.3) is 10.2 Å². The molecule has 1 aliphatic rings. The van der Waals surface area contributed by atoms with Gasteiger partial charge in [-0.3, -0.25) is 4.79 Å². The molecule has 33 heavy (non-hydrogen) atoms. The maximum atomic E-state index is 14.3. The highest BCUT2D eigenvalue weighted by molar-refractivity contribution is 7.18. The molecular formula is C21H18F3N5O3S. The number of aromatic amines is 1. The Kier molecular flexibility index (Phi) is 5.41. The van der Waals surface area contributed by atoms with Crippen molar-refractivity contribution >= 4 is 27.5 Å². The first-order chi connectivity index (χ1) is 15.9. The maximum Gasteiger partial charge on any atom is 0.292 e. The van der Waals surface area contributed by atoms with E-state index in [1.807, 2.05) is 0 Å². The van der Waals surface area contributed by atoms with Crippen LogP contribution in [0.4, 0.5) is 13.2 Å². The third-order valence-electron chi connectivity index (χ3n) is 5.55. The lowest BCUT2D eigenvalue weighted by molar-refractivity contribution is 0.0632. The zero-order valence-electron chi connectivity index (χ0n) is 17.3. The Morgan fingerprint density at radius 1 is 1.39 bits per heavy atom. The summed E-state index contributed by atoms with van der Waals surface area (Å²) in [4.78, 5) is 30.2. The molecule has 3 aromatic heterocycles. The normalized spacial score (nSPS) is 17.0. The molecule has 12 heteroatoms. The molecule has 0 radical (unpaired) electrons. The summed E-state index contributed by atoms with van der Waals surface area (Å²) in [7, 11) is 0. The molecule has 2 N–H and O–H groups in total. The number of amides is 1. The molecule has 0 saturated carbocycles. The zero-order valence-corrected chi connectivity index (χ0v) is 18.1. The minimum atomic E-state index is -3.08. The third-order valence-corrected chi connectivity index (χ3v) is 6.62. The minimum Gasteiger partial charge on any atom is -0.432 e. The van der Waals surface area contributed by atoms with Crippen molar-refractivity contribution in [2.24, 2.45) is 0 Å². The van der Waals surface area contributed by atoms with Gasteiger partial charge >= 0.3 is 0 Å². The van der Waals surface area contributed by atoms with Crippen molar-refractivity contribution in [2.45, 2.75) is 38.3 Å². The number of hydrogen-bond donors (Lipinski definition) is 2. The SMILES string of the molecule is CC[C@H](O)c1nc(C(F)F)c(C(=O)N2CCc3[nH]cnc3[C@H]2c2nc3c(F)cccc3s2)o1. The number of aliphatic hydroxyl groups is 1. The van der Waals surface area contributed by atoms with Gasteiger partial charge in [0, 0.05) is 18.7 Å². The van der Waals surface area contributed by atoms with Crippen LogP contribution in [-0.4, -0.2) is 42.4 Å². The quantitative estimate of drug-likeness (QED) is 0.443. The van der Waals surface area contributed by atoms with Crippen molar-refractivity contribution in [3.63, 3.8) is 0 Å². The van der Waals surface area contributed by atoms with Gasteiger partial charge in [0.2, 0.25) is 11.7 Å². The molecular weight excluding hydrogens is 459 g/mol. The summed E-state index contributed by atoms with van der Waals surface area (Å²) in [5.41, 5.74) is 0.608. The molecule has 4 aromatic rings. The smallest absolute Gasteiger partial charge is 0.292 e. The average Bonchev–Trinajstić information content (AvgIpc) is 3.55. The number of aromatic nitrogens is 4. The predicted molar refractivity (Wildman–Crippen MR) is 111 cm³/mol. The summed E-state index contributed by atoms with van der Waals surface area (Å²) in [6.45, 7) is 1.79. The number of rotatable bonds is 5. The van der Waals surface area contributed by atoms with Crippen LogP contribution in [0.2, 0.25) is 0 Å². The highest BCUT2D eigenvalue weighted by atomic mass is 32.1. The molecule has 0 bridgehead atoms. The molecule has 1 aliphatic heterocycles. The number of imidazole rings is 1. The van der Waals surface area contributed by atoms with E-state index in [9.17, 15) is 23.1 Å². The number of nitrogens with one attached hydrogen (secondary N) is 1. The van der Waals surface area contributed by atoms with Crippen LogP contribution >= 0.6 is 11.3 Å². The number of aliphatic hydroxyl groups excluding tert-OH is 1. The van der Waals surface area contributed by atoms with Gasteiger partial charge in [0.1, 0.15) is 28.5 Å². The van der Waals surface area contributed by atoms with Crippen molar-refractivity contribution in [3.05, 3.63) is 64.1 Å². The lowest BCUT2D eigenvalue weighted by Gasteiger charge is -2.33. The van der Waals surface area contributed by atoms with E-state index in [-0.39, 0.29) is 24.4 Å². The predicted octanol–water partition coefficient (Wildman–Crippen LogP) is 4.32. The Hall–Kier alpha value is -3.25. The fourth-order valence-corrected chi connectivity index (χ4v) is 4.99. The summed E-state index contributed by atoms with van der Waals surface area (Å²) in [5, 5.41) is 10.4. The zero-order chi connectivity index (χ0) is 23.3. The van der Waals surface area contributed by atoms with Gasteiger partial charge in [-0.2, -0.15) is 0 Å². The number of carbonyl (C=O) groups is 1. The van der Waals surface area contributed by atoms with Crippen LogP contribution in [0.5, 0.6) is 0 Å². The highest BCUT2D eigenvalue weighted by Gasteiger charge is 2.40. The van der Waals surface area contributed by atoms with Gasteiger partial charge in [-0.05, 0) is 18.6 Å². The Balaban J connectivity index is 1.61. The average molecular weight is 477 g/mol. The van der Waals surface area contributed by atoms with E-state index < -0.39 is 41.7 Å². The molecule has 0 unspecified atom stereocenters. The van der Waals surface area contributed by atoms with E-state index in [1.54, 1.807) is 19.1 Å². The van der Waals surface area contributed by atoms with E-state index in [4.69, 9.17) is 4.42 Å². The first-order valence-corrected chi connectivity index (χ1v) is 11.1. The Labute approximate surface area is 189 Å². The van der Waals surface area contributed by atoms with E-state index in [1.165, 1.54) is 28.6 Å². The number of fused-ring (bicyclic) bond motifs is 2. The van der Waals surface area contributed by atoms with Crippen LogP contribution in [-0.2, 0) is 6.42 Å². The number of oxazole rings is 1. The van der Waals surface area contributed by atoms with Gasteiger partial charge in [-0.1, -0.05) is 13.0 Å². The second-order valence-electron chi connectivity index (χ2n) is 7.55. The second-order valence-corrected chi connectivity index (χ2v) is 8.61. The number of alkyl halides is 2. The molecule has 172 valence electrons. The number of thiazole rings is 1. The lowest BCUT2D eigenvalue weighted by atomic mass is 10.0. The van der Waals surface area contributed by atoms with E-state index in [0.29, 0.717) is 21.8 Å². The third kappa shape index (κ3) is 3.59. The van der Waals surface area contributed by atoms with E-state index >= 15 is 0 Å². The number of carbonyl (C=O) groups excluding carboxylic acids is 1. The van der Waals surface area contributed by atoms with Gasteiger partial charge in [-0.25, -0.2) is 28.1 Å². The molecule has 0 fully saturated rings. The minimum absolute atomic E-state index is 0.159. The number of hydrogen-bond acceptors (Lipinski definition) is 7. The summed E-state index contributed by atoms with van der Waals surface area (Å²) in [6, 6.07) is 3.73. The van der Waals surface area contributed by atoms with Crippen LogP contribution in [0.1, 0.15) is 70.5 Å². The maximum absolute atomic E-state index is 14.3. The van der Waals surface area contributed by atoms with Gasteiger partial charge in [0.15, 0.2) is 5.69 Å². The molecule has 5 rings (SSSR count). The lowest BCUT2D eigenvalue weighted by Crippen LogP contribution is -2.41. The van der Waals surface area contributed by atoms with Gasteiger partial charge in [-0.15, -0.1) is 11.3 Å². The summed E-state index contributed by atoms with van der Waals surface area (Å²) in [6.07, 6.45) is -2.23. The van der Waals surface area contributed by atoms with Crippen LogP contribution < -0.4 is 0 Å². The first-order valence-electron chi connectivity index (χ1n) is 10.2. The van der Waals surface area contributed by atoms with Crippen LogP contribution in [0.15, 0.2) is 28.9 Å². The molecule has 2 atom stereocenters. The van der Waals surface area contributed by atoms with Gasteiger partial charge in [0.25, 0.3) is 12.3 Å². The molecule has 1 aromatic carbocycles. The standard InChI is InChI=1S/C21H18F3N5O3S/c1-2-11(30)19-27-15(18(23)24)17(32-19)21(31)29-7-6-10-14(26-8-25-10)16(29)20-28-13-9(22)4-3-5-12(13)33-20/h3-5,8,11,16,18,30H,2,6-7H2,1H3,(H,25,26)/t11-,16-/m0/s1. The van der Waals surface area contributed by atoms with Crippen molar-refractivity contribution in [2.75, 3.05) is 6.54 Å². The molecule has 4 heterocycles. The largest absolute Gasteiger partial charge is 0.432 e. The number of nitrogens with zero attached hydrogens (tertiary/aromatic N) is 4. The Morgan fingerprint density at radius 3 is 2.94 bits per heavy atom. The van der Waals surface area contributed by atoms with Crippen LogP contribution in [0.3, 0.4) is 0 Å². The molecule has 0 aliphatic carbocycles. The summed E-state index contributed by atoms with van der Waals surface area (Å²) >= 11 is 1.19. The summed E-state index contributed by atoms with van der Waals surface area (Å²) in [5.74, 6) is -2.30. The van der Waals surface area contributed by atoms with E-state index in [0.717, 1.165) is 5.69 Å². The second kappa shape index (κ2) is 8.27. The summed E-state index contributed by atoms with van der Waals surface area (Å²) < 4.78 is 47.6. The van der Waals surface area contributed by atoms with E-state index in [2.05, 4.69) is 19.9 Å². The van der Waals surface area contributed by atoms with Crippen molar-refractivity contribution in [1.82, 2.24) is 24.8 Å². The Bertz CT molecular complexity index is 1330. The fraction of sp³-hybridized carbons (Fsp3) is 0.333. The van der Waals surface area contributed by atoms with Crippen LogP contribution in [0, 0.1) is 5.82 Å². The van der Waals surface area contributed by atoms with Gasteiger partial charge < -0.3 is 19.4 Å².